The second-order valence-electron chi connectivity index (χ2n) is 4.37. The molecule has 0 saturated heterocycles. The molecule has 0 aliphatic carbocycles. The predicted octanol–water partition coefficient (Wildman–Crippen LogP) is 2.88. The Hall–Kier alpha value is -1.22. The van der Waals surface area contributed by atoms with Crippen molar-refractivity contribution in [2.75, 3.05) is 13.2 Å². The van der Waals surface area contributed by atoms with Gasteiger partial charge in [0.1, 0.15) is 11.5 Å². The molecule has 2 heterocycles. The van der Waals surface area contributed by atoms with E-state index in [1.165, 1.54) is 0 Å². The first kappa shape index (κ1) is 12.2. The molecule has 1 aromatic heterocycles. The maximum Gasteiger partial charge on any atom is 0.109 e. The van der Waals surface area contributed by atoms with Gasteiger partial charge < -0.3 is 14.5 Å². The van der Waals surface area contributed by atoms with Crippen molar-refractivity contribution in [3.05, 3.63) is 36.0 Å². The van der Waals surface area contributed by atoms with Crippen LogP contribution in [0, 0.1) is 0 Å². The topological polar surface area (TPSA) is 34.4 Å². The average Bonchev–Trinajstić information content (AvgIpc) is 3.01. The molecule has 0 bridgehead atoms. The van der Waals surface area contributed by atoms with Gasteiger partial charge in [-0.15, -0.1) is 0 Å². The van der Waals surface area contributed by atoms with Crippen molar-refractivity contribution >= 4 is 0 Å². The molecule has 0 aromatic carbocycles. The molecule has 0 fully saturated rings. The van der Waals surface area contributed by atoms with E-state index in [1.807, 2.05) is 12.1 Å². The van der Waals surface area contributed by atoms with E-state index < -0.39 is 0 Å². The second-order valence-corrected chi connectivity index (χ2v) is 4.37. The first-order chi connectivity index (χ1) is 8.40. The van der Waals surface area contributed by atoms with Crippen molar-refractivity contribution in [1.82, 2.24) is 5.32 Å². The Morgan fingerprint density at radius 2 is 2.41 bits per heavy atom. The van der Waals surface area contributed by atoms with Crippen LogP contribution in [-0.4, -0.2) is 19.2 Å². The summed E-state index contributed by atoms with van der Waals surface area (Å²) >= 11 is 0. The quantitative estimate of drug-likeness (QED) is 0.789. The SMILES string of the molecule is CCCNC(CCc1ccco1)C1=CCCO1. The van der Waals surface area contributed by atoms with Crippen LogP contribution in [0.5, 0.6) is 0 Å². The summed E-state index contributed by atoms with van der Waals surface area (Å²) in [6, 6.07) is 4.30. The molecular weight excluding hydrogens is 214 g/mol. The van der Waals surface area contributed by atoms with Gasteiger partial charge in [0.15, 0.2) is 0 Å². The van der Waals surface area contributed by atoms with E-state index in [-0.39, 0.29) is 0 Å². The fraction of sp³-hybridized carbons (Fsp3) is 0.571. The molecule has 3 nitrogen and oxygen atoms in total. The number of furan rings is 1. The summed E-state index contributed by atoms with van der Waals surface area (Å²) in [5.74, 6) is 2.16. The second kappa shape index (κ2) is 6.50. The fourth-order valence-corrected chi connectivity index (χ4v) is 2.08. The molecule has 1 atom stereocenters. The number of hydrogen-bond donors (Lipinski definition) is 1. The van der Waals surface area contributed by atoms with E-state index in [1.54, 1.807) is 6.26 Å². The molecule has 1 aliphatic heterocycles. The molecule has 3 heteroatoms. The van der Waals surface area contributed by atoms with Gasteiger partial charge in [0.05, 0.1) is 18.9 Å². The van der Waals surface area contributed by atoms with Crippen molar-refractivity contribution in [3.63, 3.8) is 0 Å². The Bertz CT molecular complexity index is 343. The highest BCUT2D eigenvalue weighted by atomic mass is 16.5. The molecule has 0 amide bonds. The Morgan fingerprint density at radius 1 is 1.47 bits per heavy atom. The monoisotopic (exact) mass is 235 g/mol. The first-order valence-corrected chi connectivity index (χ1v) is 6.48. The summed E-state index contributed by atoms with van der Waals surface area (Å²) in [5.41, 5.74) is 0. The van der Waals surface area contributed by atoms with Crippen molar-refractivity contribution in [2.45, 2.75) is 38.6 Å². The van der Waals surface area contributed by atoms with Gasteiger partial charge in [0.2, 0.25) is 0 Å². The van der Waals surface area contributed by atoms with Gasteiger partial charge >= 0.3 is 0 Å². The zero-order chi connectivity index (χ0) is 11.9. The lowest BCUT2D eigenvalue weighted by atomic mass is 10.1. The number of aryl methyl sites for hydroxylation is 1. The minimum absolute atomic E-state index is 0.336. The molecule has 94 valence electrons. The summed E-state index contributed by atoms with van der Waals surface area (Å²) in [6.07, 6.45) is 8.10. The molecular formula is C14H21NO2. The smallest absolute Gasteiger partial charge is 0.109 e. The van der Waals surface area contributed by atoms with Gasteiger partial charge in [0.25, 0.3) is 0 Å². The lowest BCUT2D eigenvalue weighted by Crippen LogP contribution is -2.32. The number of rotatable bonds is 7. The van der Waals surface area contributed by atoms with E-state index >= 15 is 0 Å². The summed E-state index contributed by atoms with van der Waals surface area (Å²) in [4.78, 5) is 0. The zero-order valence-corrected chi connectivity index (χ0v) is 10.4. The largest absolute Gasteiger partial charge is 0.496 e. The Morgan fingerprint density at radius 3 is 3.06 bits per heavy atom. The zero-order valence-electron chi connectivity index (χ0n) is 10.4. The Balaban J connectivity index is 1.86. The molecule has 0 radical (unpaired) electrons. The molecule has 2 rings (SSSR count). The molecule has 0 spiro atoms. The van der Waals surface area contributed by atoms with Crippen LogP contribution < -0.4 is 5.32 Å². The van der Waals surface area contributed by atoms with Crippen LogP contribution in [-0.2, 0) is 11.2 Å². The first-order valence-electron chi connectivity index (χ1n) is 6.48. The van der Waals surface area contributed by atoms with E-state index in [2.05, 4.69) is 18.3 Å². The highest BCUT2D eigenvalue weighted by Crippen LogP contribution is 2.18. The highest BCUT2D eigenvalue weighted by Gasteiger charge is 2.18. The number of ether oxygens (including phenoxy) is 1. The van der Waals surface area contributed by atoms with Gasteiger partial charge in [-0.2, -0.15) is 0 Å². The van der Waals surface area contributed by atoms with E-state index in [0.717, 1.165) is 50.4 Å². The molecule has 1 aromatic rings. The van der Waals surface area contributed by atoms with E-state index in [4.69, 9.17) is 9.15 Å². The maximum absolute atomic E-state index is 5.65. The average molecular weight is 235 g/mol. The molecule has 1 aliphatic rings. The molecule has 1 unspecified atom stereocenters. The van der Waals surface area contributed by atoms with Gasteiger partial charge in [-0.05, 0) is 37.6 Å². The fourth-order valence-electron chi connectivity index (χ4n) is 2.08. The predicted molar refractivity (Wildman–Crippen MR) is 67.8 cm³/mol. The standard InChI is InChI=1S/C14H21NO2/c1-2-9-15-13(14-6-4-11-17-14)8-7-12-5-3-10-16-12/h3,5-6,10,13,15H,2,4,7-9,11H2,1H3. The minimum atomic E-state index is 0.336. The van der Waals surface area contributed by atoms with E-state index in [9.17, 15) is 0 Å². The van der Waals surface area contributed by atoms with Crippen LogP contribution in [0.25, 0.3) is 0 Å². The van der Waals surface area contributed by atoms with Gasteiger partial charge in [0, 0.05) is 12.8 Å². The Kier molecular flexibility index (Phi) is 4.68. The third-order valence-corrected chi connectivity index (χ3v) is 2.98. The van der Waals surface area contributed by atoms with Crippen molar-refractivity contribution in [1.29, 1.82) is 0 Å². The molecule has 0 saturated carbocycles. The lowest BCUT2D eigenvalue weighted by Gasteiger charge is -2.19. The lowest BCUT2D eigenvalue weighted by molar-refractivity contribution is 0.211. The third-order valence-electron chi connectivity index (χ3n) is 2.98. The van der Waals surface area contributed by atoms with E-state index in [0.29, 0.717) is 6.04 Å². The molecule has 1 N–H and O–H groups in total. The van der Waals surface area contributed by atoms with Crippen LogP contribution in [0.1, 0.15) is 31.9 Å². The van der Waals surface area contributed by atoms with Crippen LogP contribution in [0.4, 0.5) is 0 Å². The maximum atomic E-state index is 5.65. The van der Waals surface area contributed by atoms with Crippen LogP contribution in [0.15, 0.2) is 34.6 Å². The minimum Gasteiger partial charge on any atom is -0.496 e. The summed E-state index contributed by atoms with van der Waals surface area (Å²) in [5, 5.41) is 3.54. The molecule has 17 heavy (non-hydrogen) atoms. The summed E-state index contributed by atoms with van der Waals surface area (Å²) in [6.45, 7) is 4.05. The van der Waals surface area contributed by atoms with Crippen LogP contribution in [0.3, 0.4) is 0 Å². The Labute approximate surface area is 103 Å². The van der Waals surface area contributed by atoms with Crippen LogP contribution in [0.2, 0.25) is 0 Å². The van der Waals surface area contributed by atoms with Crippen LogP contribution >= 0.6 is 0 Å². The third kappa shape index (κ3) is 3.63. The highest BCUT2D eigenvalue weighted by molar-refractivity contribution is 5.08. The number of nitrogens with one attached hydrogen (secondary N) is 1. The van der Waals surface area contributed by atoms with Crippen molar-refractivity contribution in [2.24, 2.45) is 0 Å². The van der Waals surface area contributed by atoms with Gasteiger partial charge in [-0.3, -0.25) is 0 Å². The van der Waals surface area contributed by atoms with Crippen molar-refractivity contribution < 1.29 is 9.15 Å². The summed E-state index contributed by atoms with van der Waals surface area (Å²) in [7, 11) is 0. The van der Waals surface area contributed by atoms with Gasteiger partial charge in [-0.25, -0.2) is 0 Å². The number of hydrogen-bond acceptors (Lipinski definition) is 3. The van der Waals surface area contributed by atoms with Crippen molar-refractivity contribution in [3.8, 4) is 0 Å². The van der Waals surface area contributed by atoms with Gasteiger partial charge in [-0.1, -0.05) is 6.92 Å². The summed E-state index contributed by atoms with van der Waals surface area (Å²) < 4.78 is 11.0. The normalized spacial score (nSPS) is 16.6.